The molecule has 1 amide bonds. The van der Waals surface area contributed by atoms with Crippen molar-refractivity contribution >= 4 is 34.3 Å². The molecule has 1 unspecified atom stereocenters. The molecule has 0 bridgehead atoms. The van der Waals surface area contributed by atoms with Crippen molar-refractivity contribution < 1.29 is 4.79 Å². The number of amides is 1. The second kappa shape index (κ2) is 10.5. The molecule has 2 heterocycles. The molecule has 0 radical (unpaired) electrons. The van der Waals surface area contributed by atoms with Crippen molar-refractivity contribution in [2.75, 3.05) is 6.54 Å². The first-order chi connectivity index (χ1) is 17.1. The van der Waals surface area contributed by atoms with Crippen LogP contribution in [0.3, 0.4) is 0 Å². The van der Waals surface area contributed by atoms with E-state index in [1.54, 1.807) is 4.57 Å². The number of thioether (sulfide) groups is 1. The lowest BCUT2D eigenvalue weighted by Crippen LogP contribution is -2.32. The number of carbonyl (C=O) groups excluding carboxylic acids is 1. The van der Waals surface area contributed by atoms with Crippen molar-refractivity contribution in [3.8, 4) is 0 Å². The molecular weight excluding hydrogens is 458 g/mol. The van der Waals surface area contributed by atoms with Crippen molar-refractivity contribution in [1.29, 1.82) is 0 Å². The minimum absolute atomic E-state index is 0.0231. The number of hydrogen-bond acceptors (Lipinski definition) is 5. The molecule has 180 valence electrons. The van der Waals surface area contributed by atoms with E-state index in [0.717, 1.165) is 30.3 Å². The van der Waals surface area contributed by atoms with E-state index in [-0.39, 0.29) is 16.7 Å². The summed E-state index contributed by atoms with van der Waals surface area (Å²) in [6.07, 6.45) is 8.03. The smallest absolute Gasteiger partial charge is 0.263 e. The van der Waals surface area contributed by atoms with Gasteiger partial charge in [0, 0.05) is 6.54 Å². The number of allylic oxidation sites excluding steroid dienone is 1. The molecule has 0 aliphatic heterocycles. The highest BCUT2D eigenvalue weighted by Gasteiger charge is 2.21. The van der Waals surface area contributed by atoms with Crippen molar-refractivity contribution in [1.82, 2.24) is 24.5 Å². The molecule has 35 heavy (non-hydrogen) atoms. The Bertz CT molecular complexity index is 1440. The largest absolute Gasteiger partial charge is 0.355 e. The first kappa shape index (κ1) is 23.4. The van der Waals surface area contributed by atoms with Crippen molar-refractivity contribution in [3.63, 3.8) is 0 Å². The molecule has 8 heteroatoms. The average molecular weight is 488 g/mol. The van der Waals surface area contributed by atoms with E-state index in [1.807, 2.05) is 65.9 Å². The molecule has 2 aromatic carbocycles. The number of rotatable bonds is 8. The van der Waals surface area contributed by atoms with Crippen molar-refractivity contribution in [3.05, 3.63) is 82.2 Å². The third kappa shape index (κ3) is 5.03. The van der Waals surface area contributed by atoms with Crippen LogP contribution in [-0.2, 0) is 11.3 Å². The highest BCUT2D eigenvalue weighted by molar-refractivity contribution is 8.00. The quantitative estimate of drug-likeness (QED) is 0.291. The van der Waals surface area contributed by atoms with Gasteiger partial charge in [0.05, 0.1) is 22.7 Å². The van der Waals surface area contributed by atoms with Crippen molar-refractivity contribution in [2.24, 2.45) is 0 Å². The molecule has 5 rings (SSSR count). The lowest BCUT2D eigenvalue weighted by molar-refractivity contribution is -0.120. The zero-order valence-corrected chi connectivity index (χ0v) is 20.6. The van der Waals surface area contributed by atoms with Gasteiger partial charge in [0.1, 0.15) is 0 Å². The summed E-state index contributed by atoms with van der Waals surface area (Å²) < 4.78 is 3.54. The highest BCUT2D eigenvalue weighted by atomic mass is 32.2. The van der Waals surface area contributed by atoms with E-state index in [2.05, 4.69) is 21.6 Å². The van der Waals surface area contributed by atoms with Crippen LogP contribution in [0.5, 0.6) is 0 Å². The third-order valence-electron chi connectivity index (χ3n) is 6.44. The Morgan fingerprint density at radius 1 is 1.09 bits per heavy atom. The fourth-order valence-corrected chi connectivity index (χ4v) is 5.43. The summed E-state index contributed by atoms with van der Waals surface area (Å²) in [4.78, 5) is 26.2. The molecule has 2 aromatic heterocycles. The van der Waals surface area contributed by atoms with E-state index in [4.69, 9.17) is 0 Å². The fraction of sp³-hybridized carbons (Fsp3) is 0.333. The van der Waals surface area contributed by atoms with Gasteiger partial charge in [-0.1, -0.05) is 65.9 Å². The number of benzene rings is 2. The van der Waals surface area contributed by atoms with Gasteiger partial charge in [0.2, 0.25) is 11.7 Å². The predicted molar refractivity (Wildman–Crippen MR) is 140 cm³/mol. The van der Waals surface area contributed by atoms with Crippen LogP contribution in [-0.4, -0.2) is 36.9 Å². The number of nitrogens with zero attached hydrogens (tertiary/aromatic N) is 4. The minimum atomic E-state index is -0.351. The summed E-state index contributed by atoms with van der Waals surface area (Å²) in [5, 5.41) is 12.7. The maximum absolute atomic E-state index is 13.3. The van der Waals surface area contributed by atoms with Gasteiger partial charge in [-0.25, -0.2) is 0 Å². The monoisotopic (exact) mass is 487 g/mol. The van der Waals surface area contributed by atoms with Gasteiger partial charge in [0.15, 0.2) is 5.16 Å². The van der Waals surface area contributed by atoms with Crippen LogP contribution >= 0.6 is 11.8 Å². The second-order valence-corrected chi connectivity index (χ2v) is 10.2. The van der Waals surface area contributed by atoms with Gasteiger partial charge in [0.25, 0.3) is 5.56 Å². The Labute approximate surface area is 208 Å². The normalized spacial score (nSPS) is 14.7. The fourth-order valence-electron chi connectivity index (χ4n) is 4.55. The van der Waals surface area contributed by atoms with Crippen LogP contribution in [0.4, 0.5) is 0 Å². The van der Waals surface area contributed by atoms with Gasteiger partial charge in [-0.3, -0.25) is 18.6 Å². The topological polar surface area (TPSA) is 81.3 Å². The molecule has 7 nitrogen and oxygen atoms in total. The van der Waals surface area contributed by atoms with Gasteiger partial charge >= 0.3 is 0 Å². The maximum atomic E-state index is 13.3. The first-order valence-electron chi connectivity index (χ1n) is 12.1. The van der Waals surface area contributed by atoms with Crippen molar-refractivity contribution in [2.45, 2.75) is 56.0 Å². The summed E-state index contributed by atoms with van der Waals surface area (Å²) >= 11 is 1.36. The molecule has 1 N–H and O–H groups in total. The Hall–Kier alpha value is -3.39. The minimum Gasteiger partial charge on any atom is -0.355 e. The number of hydrogen-bond donors (Lipinski definition) is 1. The summed E-state index contributed by atoms with van der Waals surface area (Å²) in [6.45, 7) is 2.92. The molecule has 1 aliphatic carbocycles. The highest BCUT2D eigenvalue weighted by Crippen LogP contribution is 2.26. The molecule has 0 saturated heterocycles. The number of aromatic nitrogens is 4. The van der Waals surface area contributed by atoms with Gasteiger partial charge < -0.3 is 5.32 Å². The predicted octanol–water partition coefficient (Wildman–Crippen LogP) is 4.58. The average Bonchev–Trinajstić information content (AvgIpc) is 3.31. The first-order valence-corrected chi connectivity index (χ1v) is 13.0. The van der Waals surface area contributed by atoms with Crippen LogP contribution in [0.25, 0.3) is 16.7 Å². The molecule has 0 spiro atoms. The number of fused-ring (bicyclic) bond motifs is 3. The Morgan fingerprint density at radius 2 is 1.89 bits per heavy atom. The van der Waals surface area contributed by atoms with E-state index in [0.29, 0.717) is 29.4 Å². The van der Waals surface area contributed by atoms with Gasteiger partial charge in [-0.2, -0.15) is 0 Å². The lowest BCUT2D eigenvalue weighted by atomic mass is 9.97. The summed E-state index contributed by atoms with van der Waals surface area (Å²) in [7, 11) is 0. The molecule has 1 atom stereocenters. The van der Waals surface area contributed by atoms with Gasteiger partial charge in [-0.05, 0) is 56.7 Å². The maximum Gasteiger partial charge on any atom is 0.263 e. The number of para-hydroxylation sites is 1. The Morgan fingerprint density at radius 3 is 2.69 bits per heavy atom. The zero-order chi connectivity index (χ0) is 24.2. The van der Waals surface area contributed by atoms with E-state index >= 15 is 0 Å². The zero-order valence-electron chi connectivity index (χ0n) is 19.8. The van der Waals surface area contributed by atoms with E-state index in [1.165, 1.54) is 30.2 Å². The second-order valence-electron chi connectivity index (χ2n) is 8.92. The van der Waals surface area contributed by atoms with Crippen LogP contribution in [0.15, 0.2) is 76.2 Å². The van der Waals surface area contributed by atoms with Crippen LogP contribution < -0.4 is 10.9 Å². The van der Waals surface area contributed by atoms with E-state index < -0.39 is 0 Å². The molecule has 4 aromatic rings. The Balaban J connectivity index is 1.41. The number of nitrogens with one attached hydrogen (secondary N) is 1. The van der Waals surface area contributed by atoms with Crippen LogP contribution in [0, 0.1) is 0 Å². The summed E-state index contributed by atoms with van der Waals surface area (Å²) in [6, 6.07) is 17.3. The van der Waals surface area contributed by atoms with Gasteiger partial charge in [-0.15, -0.1) is 10.2 Å². The van der Waals surface area contributed by atoms with Crippen LogP contribution in [0.2, 0.25) is 0 Å². The van der Waals surface area contributed by atoms with Crippen LogP contribution in [0.1, 0.15) is 44.6 Å². The Kier molecular flexibility index (Phi) is 6.99. The summed E-state index contributed by atoms with van der Waals surface area (Å²) in [5.74, 6) is 0.446. The van der Waals surface area contributed by atoms with E-state index in [9.17, 15) is 9.59 Å². The lowest BCUT2D eigenvalue weighted by Gasteiger charge is -2.15. The molecule has 1 aliphatic rings. The SMILES string of the molecule is CC(Sc1nnc2n(Cc3ccccc3)c(=O)c3ccccc3n12)C(=O)NCCC1=CCCCC1. The molecule has 0 saturated carbocycles. The summed E-state index contributed by atoms with van der Waals surface area (Å²) in [5.41, 5.74) is 3.08. The standard InChI is InChI=1S/C27H29N5O2S/c1-19(24(33)28-17-16-20-10-4-2-5-11-20)35-27-30-29-26-31(18-21-12-6-3-7-13-21)25(34)22-14-8-9-15-23(22)32(26)27/h3,6-10,12-15,19H,2,4-5,11,16-18H2,1H3,(H,28,33). The molecular formula is C27H29N5O2S. The molecule has 0 fully saturated rings. The number of carbonyl (C=O) groups is 1. The third-order valence-corrected chi connectivity index (χ3v) is 7.49.